The highest BCUT2D eigenvalue weighted by Crippen LogP contribution is 2.43. The molecule has 2 aliphatic rings. The zero-order chi connectivity index (χ0) is 19.6. The molecule has 0 saturated carbocycles. The van der Waals surface area contributed by atoms with E-state index in [1.54, 1.807) is 11.8 Å². The normalized spacial score (nSPS) is 31.6. The number of thioether (sulfide) groups is 1. The molecule has 3 rings (SSSR count). The first-order valence-corrected chi connectivity index (χ1v) is 10.4. The first kappa shape index (κ1) is 20.6. The van der Waals surface area contributed by atoms with E-state index in [-0.39, 0.29) is 5.25 Å². The van der Waals surface area contributed by atoms with Gasteiger partial charge in [0.2, 0.25) is 0 Å². The standard InChI is InChI=1S/C21H28O5S/c1-3-4-13-5-7-14(8-6-13)10-16-12(2)9-17(27-16)21-20(25)19(24)18(23)15(11-22)26-21/h5-8,15,17-19,21-24H,3-4,9-11H2,1-2H3/t15-,17?,18-,19+,21+/m1/s1. The molecule has 0 aromatic heterocycles. The van der Waals surface area contributed by atoms with E-state index in [0.717, 1.165) is 19.3 Å². The summed E-state index contributed by atoms with van der Waals surface area (Å²) in [6.07, 6.45) is -0.896. The van der Waals surface area contributed by atoms with Crippen molar-refractivity contribution in [3.05, 3.63) is 45.9 Å². The Balaban J connectivity index is 1.66. The summed E-state index contributed by atoms with van der Waals surface area (Å²) >= 11 is 1.61. The van der Waals surface area contributed by atoms with Gasteiger partial charge in [-0.25, -0.2) is 0 Å². The Morgan fingerprint density at radius 3 is 2.48 bits per heavy atom. The quantitative estimate of drug-likeness (QED) is 0.687. The van der Waals surface area contributed by atoms with Crippen LogP contribution in [0.2, 0.25) is 0 Å². The van der Waals surface area contributed by atoms with Gasteiger partial charge in [0.15, 0.2) is 5.78 Å². The number of aliphatic hydroxyl groups excluding tert-OH is 3. The summed E-state index contributed by atoms with van der Waals surface area (Å²) in [7, 11) is 0. The molecule has 5 nitrogen and oxygen atoms in total. The van der Waals surface area contributed by atoms with E-state index in [9.17, 15) is 20.1 Å². The smallest absolute Gasteiger partial charge is 0.193 e. The van der Waals surface area contributed by atoms with E-state index in [0.29, 0.717) is 6.42 Å². The lowest BCUT2D eigenvalue weighted by Gasteiger charge is -2.37. The van der Waals surface area contributed by atoms with E-state index in [1.807, 2.05) is 0 Å². The molecule has 0 aliphatic carbocycles. The van der Waals surface area contributed by atoms with E-state index in [4.69, 9.17) is 4.74 Å². The molecule has 1 fully saturated rings. The largest absolute Gasteiger partial charge is 0.394 e. The Morgan fingerprint density at radius 1 is 1.19 bits per heavy atom. The lowest BCUT2D eigenvalue weighted by Crippen LogP contribution is -2.58. The van der Waals surface area contributed by atoms with Crippen molar-refractivity contribution >= 4 is 17.5 Å². The molecule has 3 N–H and O–H groups in total. The molecule has 2 aliphatic heterocycles. The lowest BCUT2D eigenvalue weighted by molar-refractivity contribution is -0.187. The molecular formula is C21H28O5S. The van der Waals surface area contributed by atoms with Crippen LogP contribution in [0.3, 0.4) is 0 Å². The summed E-state index contributed by atoms with van der Waals surface area (Å²) in [6.45, 7) is 3.81. The van der Waals surface area contributed by atoms with Crippen LogP contribution in [0.4, 0.5) is 0 Å². The Hall–Kier alpha value is -1.18. The van der Waals surface area contributed by atoms with Gasteiger partial charge in [0.05, 0.1) is 6.61 Å². The number of Topliss-reactive ketones (excluding diaryl/α,β-unsaturated/α-hetero) is 1. The van der Waals surface area contributed by atoms with Gasteiger partial charge >= 0.3 is 0 Å². The number of rotatable bonds is 6. The first-order valence-electron chi connectivity index (χ1n) is 9.53. The van der Waals surface area contributed by atoms with Crippen LogP contribution < -0.4 is 0 Å². The van der Waals surface area contributed by atoms with Crippen molar-refractivity contribution < 1.29 is 24.9 Å². The van der Waals surface area contributed by atoms with Crippen molar-refractivity contribution in [2.45, 2.75) is 69.2 Å². The molecule has 5 atom stereocenters. The van der Waals surface area contributed by atoms with Gasteiger partial charge < -0.3 is 20.1 Å². The zero-order valence-corrected chi connectivity index (χ0v) is 16.6. The predicted molar refractivity (Wildman–Crippen MR) is 106 cm³/mol. The summed E-state index contributed by atoms with van der Waals surface area (Å²) in [5, 5.41) is 29.1. The second kappa shape index (κ2) is 8.88. The maximum absolute atomic E-state index is 12.4. The lowest BCUT2D eigenvalue weighted by atomic mass is 9.93. The topological polar surface area (TPSA) is 87.0 Å². The van der Waals surface area contributed by atoms with Gasteiger partial charge in [-0.3, -0.25) is 4.79 Å². The summed E-state index contributed by atoms with van der Waals surface area (Å²) < 4.78 is 5.65. The van der Waals surface area contributed by atoms with Crippen LogP contribution in [0.25, 0.3) is 0 Å². The average Bonchev–Trinajstić information content (AvgIpc) is 3.02. The number of aliphatic hydroxyl groups is 3. The fourth-order valence-corrected chi connectivity index (χ4v) is 5.25. The SMILES string of the molecule is CCCc1ccc(CC2=C(C)CC([C@@H]3O[C@H](CO)[C@@H](O)[C@H](O)C3=O)S2)cc1. The van der Waals surface area contributed by atoms with Gasteiger partial charge in [-0.1, -0.05) is 43.2 Å². The maximum atomic E-state index is 12.4. The van der Waals surface area contributed by atoms with Gasteiger partial charge in [0, 0.05) is 11.7 Å². The molecule has 0 bridgehead atoms. The van der Waals surface area contributed by atoms with Crippen molar-refractivity contribution in [1.82, 2.24) is 0 Å². The van der Waals surface area contributed by atoms with Crippen LogP contribution in [0.15, 0.2) is 34.7 Å². The number of aryl methyl sites for hydroxylation is 1. The first-order chi connectivity index (χ1) is 12.9. The second-order valence-corrected chi connectivity index (χ2v) is 8.76. The molecule has 27 heavy (non-hydrogen) atoms. The highest BCUT2D eigenvalue weighted by atomic mass is 32.2. The van der Waals surface area contributed by atoms with E-state index >= 15 is 0 Å². The summed E-state index contributed by atoms with van der Waals surface area (Å²) in [4.78, 5) is 13.6. The average molecular weight is 393 g/mol. The number of allylic oxidation sites excluding steroid dienone is 2. The Morgan fingerprint density at radius 2 is 1.85 bits per heavy atom. The van der Waals surface area contributed by atoms with Crippen LogP contribution in [0.5, 0.6) is 0 Å². The molecule has 148 valence electrons. The minimum absolute atomic E-state index is 0.136. The van der Waals surface area contributed by atoms with Crippen molar-refractivity contribution in [3.8, 4) is 0 Å². The van der Waals surface area contributed by atoms with Crippen LogP contribution >= 0.6 is 11.8 Å². The van der Waals surface area contributed by atoms with Crippen LogP contribution in [-0.4, -0.2) is 57.4 Å². The Kier molecular flexibility index (Phi) is 6.76. The molecule has 1 unspecified atom stereocenters. The van der Waals surface area contributed by atoms with Crippen LogP contribution in [0, 0.1) is 0 Å². The fraction of sp³-hybridized carbons (Fsp3) is 0.571. The molecule has 1 aromatic rings. The van der Waals surface area contributed by atoms with Gasteiger partial charge in [0.1, 0.15) is 24.4 Å². The number of ketones is 1. The van der Waals surface area contributed by atoms with Gasteiger partial charge in [-0.05, 0) is 35.8 Å². The zero-order valence-electron chi connectivity index (χ0n) is 15.8. The van der Waals surface area contributed by atoms with Gasteiger partial charge in [0.25, 0.3) is 0 Å². The van der Waals surface area contributed by atoms with E-state index < -0.39 is 36.8 Å². The van der Waals surface area contributed by atoms with Crippen molar-refractivity contribution in [3.63, 3.8) is 0 Å². The minimum atomic E-state index is -1.50. The molecule has 0 radical (unpaired) electrons. The third-order valence-corrected chi connectivity index (χ3v) is 6.81. The Bertz CT molecular complexity index is 699. The fourth-order valence-electron chi connectivity index (χ4n) is 3.70. The number of carbonyl (C=O) groups is 1. The highest BCUT2D eigenvalue weighted by Gasteiger charge is 2.47. The van der Waals surface area contributed by atoms with E-state index in [2.05, 4.69) is 38.1 Å². The number of hydrogen-bond donors (Lipinski definition) is 3. The van der Waals surface area contributed by atoms with Crippen molar-refractivity contribution in [2.75, 3.05) is 6.61 Å². The maximum Gasteiger partial charge on any atom is 0.193 e. The van der Waals surface area contributed by atoms with Crippen molar-refractivity contribution in [1.29, 1.82) is 0 Å². The molecule has 2 heterocycles. The van der Waals surface area contributed by atoms with E-state index in [1.165, 1.54) is 21.6 Å². The van der Waals surface area contributed by atoms with Gasteiger partial charge in [-0.2, -0.15) is 0 Å². The highest BCUT2D eigenvalue weighted by molar-refractivity contribution is 8.04. The summed E-state index contributed by atoms with van der Waals surface area (Å²) in [5.41, 5.74) is 3.80. The molecule has 0 spiro atoms. The monoisotopic (exact) mass is 392 g/mol. The molecule has 1 saturated heterocycles. The summed E-state index contributed by atoms with van der Waals surface area (Å²) in [5.74, 6) is -0.498. The molecular weight excluding hydrogens is 364 g/mol. The Labute approximate surface area is 164 Å². The van der Waals surface area contributed by atoms with Crippen LogP contribution in [0.1, 0.15) is 37.8 Å². The van der Waals surface area contributed by atoms with Crippen molar-refractivity contribution in [2.24, 2.45) is 0 Å². The number of carbonyl (C=O) groups excluding carboxylic acids is 1. The van der Waals surface area contributed by atoms with Gasteiger partial charge in [-0.15, -0.1) is 11.8 Å². The molecule has 1 aromatic carbocycles. The second-order valence-electron chi connectivity index (χ2n) is 7.42. The minimum Gasteiger partial charge on any atom is -0.394 e. The molecule has 0 amide bonds. The number of hydrogen-bond acceptors (Lipinski definition) is 6. The van der Waals surface area contributed by atoms with Crippen LogP contribution in [-0.2, 0) is 22.4 Å². The predicted octanol–water partition coefficient (Wildman–Crippen LogP) is 2.01. The molecule has 6 heteroatoms. The summed E-state index contributed by atoms with van der Waals surface area (Å²) in [6, 6.07) is 8.65. The third kappa shape index (κ3) is 4.46. The number of ether oxygens (including phenoxy) is 1. The number of benzene rings is 1. The third-order valence-electron chi connectivity index (χ3n) is 5.32.